The molecule has 3 heterocycles. The summed E-state index contributed by atoms with van der Waals surface area (Å²) in [4.78, 5) is 19.7. The number of hydrogen-bond acceptors (Lipinski definition) is 5. The number of halogens is 1. The molecule has 1 aliphatic rings. The Hall–Kier alpha value is -2.40. The van der Waals surface area contributed by atoms with E-state index in [4.69, 9.17) is 17.0 Å². The molecule has 0 bridgehead atoms. The van der Waals surface area contributed by atoms with Gasteiger partial charge >= 0.3 is 0 Å². The fraction of sp³-hybridized carbons (Fsp3) is 0.300. The van der Waals surface area contributed by atoms with Crippen molar-refractivity contribution >= 4 is 55.6 Å². The van der Waals surface area contributed by atoms with E-state index >= 15 is 0 Å². The normalized spacial score (nSPS) is 15.4. The van der Waals surface area contributed by atoms with Crippen molar-refractivity contribution < 1.29 is 13.2 Å². The SMILES string of the molecule is CN(C)C(=N)c1csc(C(=O)N2CCN(S(=O)(=O)c3cc4cc(Cl)ccc4[nH]3)CC2)c1. The maximum Gasteiger partial charge on any atom is 0.264 e. The Bertz CT molecular complexity index is 1260. The van der Waals surface area contributed by atoms with Crippen molar-refractivity contribution in [2.24, 2.45) is 0 Å². The number of hydrogen-bond donors (Lipinski definition) is 2. The lowest BCUT2D eigenvalue weighted by Crippen LogP contribution is -2.50. The van der Waals surface area contributed by atoms with Crippen molar-refractivity contribution in [2.45, 2.75) is 5.03 Å². The van der Waals surface area contributed by atoms with Crippen LogP contribution >= 0.6 is 22.9 Å². The minimum Gasteiger partial charge on any atom is -0.363 e. The summed E-state index contributed by atoms with van der Waals surface area (Å²) >= 11 is 7.29. The number of piperazine rings is 1. The molecule has 11 heteroatoms. The number of sulfonamides is 1. The van der Waals surface area contributed by atoms with Gasteiger partial charge in [-0.25, -0.2) is 8.42 Å². The lowest BCUT2D eigenvalue weighted by atomic mass is 10.2. The largest absolute Gasteiger partial charge is 0.363 e. The lowest BCUT2D eigenvalue weighted by Gasteiger charge is -2.33. The van der Waals surface area contributed by atoms with Crippen LogP contribution in [0.5, 0.6) is 0 Å². The number of carbonyl (C=O) groups is 1. The summed E-state index contributed by atoms with van der Waals surface area (Å²) in [5, 5.41) is 11.2. The molecule has 0 aliphatic carbocycles. The summed E-state index contributed by atoms with van der Waals surface area (Å²) in [6.45, 7) is 1.05. The van der Waals surface area contributed by atoms with Crippen molar-refractivity contribution in [2.75, 3.05) is 40.3 Å². The van der Waals surface area contributed by atoms with Crippen LogP contribution in [0.15, 0.2) is 40.7 Å². The summed E-state index contributed by atoms with van der Waals surface area (Å²) in [6.07, 6.45) is 0. The number of aromatic amines is 1. The van der Waals surface area contributed by atoms with E-state index in [1.807, 2.05) is 0 Å². The average molecular weight is 480 g/mol. The predicted molar refractivity (Wildman–Crippen MR) is 123 cm³/mol. The first kappa shape index (κ1) is 21.8. The molecule has 31 heavy (non-hydrogen) atoms. The molecule has 8 nitrogen and oxygen atoms in total. The van der Waals surface area contributed by atoms with Crippen molar-refractivity contribution in [3.8, 4) is 0 Å². The van der Waals surface area contributed by atoms with Crippen LogP contribution in [-0.4, -0.2) is 79.5 Å². The summed E-state index contributed by atoms with van der Waals surface area (Å²) in [7, 11) is -0.140. The molecule has 1 saturated heterocycles. The van der Waals surface area contributed by atoms with Crippen LogP contribution in [-0.2, 0) is 10.0 Å². The van der Waals surface area contributed by atoms with Gasteiger partial charge in [-0.15, -0.1) is 11.3 Å². The van der Waals surface area contributed by atoms with Gasteiger partial charge < -0.3 is 14.8 Å². The van der Waals surface area contributed by atoms with Crippen molar-refractivity contribution in [3.05, 3.63) is 51.2 Å². The van der Waals surface area contributed by atoms with Crippen LogP contribution in [0, 0.1) is 5.41 Å². The first-order chi connectivity index (χ1) is 14.7. The second kappa shape index (κ2) is 8.27. The van der Waals surface area contributed by atoms with E-state index < -0.39 is 10.0 Å². The van der Waals surface area contributed by atoms with Crippen molar-refractivity contribution in [1.29, 1.82) is 5.41 Å². The molecule has 0 saturated carbocycles. The number of benzene rings is 1. The van der Waals surface area contributed by atoms with E-state index in [1.54, 1.807) is 59.6 Å². The molecule has 1 fully saturated rings. The number of H-pyrrole nitrogens is 1. The molecule has 0 unspecified atom stereocenters. The Morgan fingerprint density at radius 3 is 2.55 bits per heavy atom. The predicted octanol–water partition coefficient (Wildman–Crippen LogP) is 2.92. The van der Waals surface area contributed by atoms with E-state index in [0.29, 0.717) is 39.9 Å². The summed E-state index contributed by atoms with van der Waals surface area (Å²) in [5.41, 5.74) is 1.40. The minimum absolute atomic E-state index is 0.120. The number of fused-ring (bicyclic) bond motifs is 1. The first-order valence-electron chi connectivity index (χ1n) is 9.59. The zero-order valence-electron chi connectivity index (χ0n) is 17.1. The Morgan fingerprint density at radius 2 is 1.87 bits per heavy atom. The number of nitrogens with one attached hydrogen (secondary N) is 2. The monoisotopic (exact) mass is 479 g/mol. The molecular weight excluding hydrogens is 458 g/mol. The van der Waals surface area contributed by atoms with Gasteiger partial charge in [0.25, 0.3) is 15.9 Å². The van der Waals surface area contributed by atoms with Crippen molar-refractivity contribution in [3.63, 3.8) is 0 Å². The minimum atomic E-state index is -3.70. The second-order valence-corrected chi connectivity index (χ2v) is 10.8. The third kappa shape index (κ3) is 4.20. The number of carbonyl (C=O) groups excluding carboxylic acids is 1. The number of amidine groups is 1. The van der Waals surface area contributed by atoms with Gasteiger partial charge in [-0.05, 0) is 30.3 Å². The highest BCUT2D eigenvalue weighted by atomic mass is 35.5. The molecular formula is C20H22ClN5O3S2. The van der Waals surface area contributed by atoms with Crippen LogP contribution in [0.2, 0.25) is 5.02 Å². The maximum absolute atomic E-state index is 13.1. The van der Waals surface area contributed by atoms with Crippen LogP contribution in [0.4, 0.5) is 0 Å². The fourth-order valence-electron chi connectivity index (χ4n) is 3.47. The highest BCUT2D eigenvalue weighted by Crippen LogP contribution is 2.25. The van der Waals surface area contributed by atoms with Gasteiger partial charge in [0.05, 0.1) is 4.88 Å². The average Bonchev–Trinajstić information content (AvgIpc) is 3.40. The number of aromatic nitrogens is 1. The summed E-state index contributed by atoms with van der Waals surface area (Å²) in [5.74, 6) is 0.200. The summed E-state index contributed by atoms with van der Waals surface area (Å²) < 4.78 is 27.5. The molecule has 0 spiro atoms. The highest BCUT2D eigenvalue weighted by molar-refractivity contribution is 7.89. The Labute approximate surface area is 189 Å². The fourth-order valence-corrected chi connectivity index (χ4v) is 5.95. The topological polar surface area (TPSA) is 101 Å². The Balaban J connectivity index is 1.45. The molecule has 1 amide bonds. The van der Waals surface area contributed by atoms with Gasteiger partial charge in [-0.3, -0.25) is 10.2 Å². The van der Waals surface area contributed by atoms with Gasteiger partial charge in [0.15, 0.2) is 0 Å². The molecule has 0 radical (unpaired) electrons. The van der Waals surface area contributed by atoms with E-state index in [0.717, 1.165) is 5.39 Å². The third-order valence-electron chi connectivity index (χ3n) is 5.23. The third-order valence-corrected chi connectivity index (χ3v) is 8.21. The molecule has 1 aromatic carbocycles. The van der Waals surface area contributed by atoms with Gasteiger partial charge in [0.1, 0.15) is 10.9 Å². The van der Waals surface area contributed by atoms with Gasteiger partial charge in [0, 0.05) is 67.1 Å². The lowest BCUT2D eigenvalue weighted by molar-refractivity contribution is 0.0702. The van der Waals surface area contributed by atoms with Crippen LogP contribution in [0.3, 0.4) is 0 Å². The highest BCUT2D eigenvalue weighted by Gasteiger charge is 2.32. The zero-order valence-corrected chi connectivity index (χ0v) is 19.4. The van der Waals surface area contributed by atoms with Crippen molar-refractivity contribution in [1.82, 2.24) is 19.1 Å². The quantitative estimate of drug-likeness (QED) is 0.443. The van der Waals surface area contributed by atoms with E-state index in [-0.39, 0.29) is 24.0 Å². The summed E-state index contributed by atoms with van der Waals surface area (Å²) in [6, 6.07) is 8.47. The van der Waals surface area contributed by atoms with Gasteiger partial charge in [0.2, 0.25) is 0 Å². The van der Waals surface area contributed by atoms with E-state index in [2.05, 4.69) is 4.98 Å². The molecule has 4 rings (SSSR count). The van der Waals surface area contributed by atoms with E-state index in [1.165, 1.54) is 15.6 Å². The first-order valence-corrected chi connectivity index (χ1v) is 12.3. The molecule has 3 aromatic rings. The molecule has 2 N–H and O–H groups in total. The maximum atomic E-state index is 13.1. The number of nitrogens with zero attached hydrogens (tertiary/aromatic N) is 3. The van der Waals surface area contributed by atoms with E-state index in [9.17, 15) is 13.2 Å². The Kier molecular flexibility index (Phi) is 5.82. The number of thiophene rings is 1. The van der Waals surface area contributed by atoms with Crippen LogP contribution in [0.1, 0.15) is 15.2 Å². The standard InChI is InChI=1S/C20H22ClN5O3S2/c1-24(2)19(22)14-10-17(30-12-14)20(27)25-5-7-26(8-6-25)31(28,29)18-11-13-9-15(21)3-4-16(13)23-18/h3-4,9-12,22-23H,5-8H2,1-2H3. The van der Waals surface area contributed by atoms with Gasteiger partial charge in [-0.1, -0.05) is 11.6 Å². The smallest absolute Gasteiger partial charge is 0.264 e. The second-order valence-electron chi connectivity index (χ2n) is 7.50. The van der Waals surface area contributed by atoms with Crippen LogP contribution < -0.4 is 0 Å². The van der Waals surface area contributed by atoms with Gasteiger partial charge in [-0.2, -0.15) is 4.31 Å². The zero-order chi connectivity index (χ0) is 22.3. The Morgan fingerprint density at radius 1 is 1.16 bits per heavy atom. The molecule has 1 aliphatic heterocycles. The molecule has 2 aromatic heterocycles. The molecule has 164 valence electrons. The number of amides is 1. The number of rotatable bonds is 4. The molecule has 0 atom stereocenters. The van der Waals surface area contributed by atoms with Crippen LogP contribution in [0.25, 0.3) is 10.9 Å².